The van der Waals surface area contributed by atoms with Crippen LogP contribution in [0.4, 0.5) is 11.8 Å². The van der Waals surface area contributed by atoms with Gasteiger partial charge in [0.1, 0.15) is 17.6 Å². The van der Waals surface area contributed by atoms with Gasteiger partial charge >= 0.3 is 0 Å². The molecule has 1 aromatic heterocycles. The van der Waals surface area contributed by atoms with Gasteiger partial charge in [0.2, 0.25) is 11.9 Å². The van der Waals surface area contributed by atoms with Gasteiger partial charge in [-0.2, -0.15) is 4.98 Å². The van der Waals surface area contributed by atoms with E-state index in [0.717, 1.165) is 32.4 Å². The van der Waals surface area contributed by atoms with Crippen LogP contribution in [0.15, 0.2) is 36.4 Å². The molecule has 1 saturated heterocycles. The predicted molar refractivity (Wildman–Crippen MR) is 108 cm³/mol. The minimum absolute atomic E-state index is 0.107. The van der Waals surface area contributed by atoms with Crippen LogP contribution in [0.5, 0.6) is 0 Å². The van der Waals surface area contributed by atoms with Gasteiger partial charge in [-0.1, -0.05) is 30.3 Å². The summed E-state index contributed by atoms with van der Waals surface area (Å²) in [6.45, 7) is 3.22. The van der Waals surface area contributed by atoms with Crippen molar-refractivity contribution in [1.29, 1.82) is 0 Å². The van der Waals surface area contributed by atoms with Crippen molar-refractivity contribution >= 4 is 23.6 Å². The number of carbonyl (C=O) groups is 2. The van der Waals surface area contributed by atoms with Crippen LogP contribution in [0.3, 0.4) is 0 Å². The summed E-state index contributed by atoms with van der Waals surface area (Å²) in [6, 6.07) is 11.3. The molecule has 3 rings (SSSR count). The molecule has 28 heavy (non-hydrogen) atoms. The smallest absolute Gasteiger partial charge is 0.267 e. The summed E-state index contributed by atoms with van der Waals surface area (Å²) in [5.74, 6) is 0.246. The largest absolute Gasteiger partial charge is 0.368 e. The van der Waals surface area contributed by atoms with E-state index in [2.05, 4.69) is 39.6 Å². The quantitative estimate of drug-likeness (QED) is 0.663. The summed E-state index contributed by atoms with van der Waals surface area (Å²) >= 11 is 0. The maximum Gasteiger partial charge on any atom is 0.267 e. The van der Waals surface area contributed by atoms with E-state index in [-0.39, 0.29) is 5.69 Å². The number of carbonyl (C=O) groups excluding carboxylic acids is 2. The Balaban J connectivity index is 1.70. The van der Waals surface area contributed by atoms with Gasteiger partial charge in [0.05, 0.1) is 0 Å². The number of anilines is 2. The van der Waals surface area contributed by atoms with Crippen molar-refractivity contribution in [1.82, 2.24) is 9.97 Å². The number of nitrogens with two attached hydrogens (primary N) is 2. The Bertz CT molecular complexity index is 834. The molecule has 8 nitrogen and oxygen atoms in total. The highest BCUT2D eigenvalue weighted by Gasteiger charge is 2.23. The molecule has 8 heteroatoms. The SMILES string of the molecule is C[C@H](Nc1cc(C(N)=O)nc(N2CCC(Cc3ccccc3)CC2)n1)C(N)=O. The minimum atomic E-state index is -0.641. The number of amides is 2. The maximum absolute atomic E-state index is 11.7. The molecule has 0 bridgehead atoms. The van der Waals surface area contributed by atoms with Gasteiger partial charge < -0.3 is 21.7 Å². The Kier molecular flexibility index (Phi) is 6.08. The third-order valence-electron chi connectivity index (χ3n) is 5.02. The van der Waals surface area contributed by atoms with E-state index >= 15 is 0 Å². The van der Waals surface area contributed by atoms with E-state index in [4.69, 9.17) is 11.5 Å². The summed E-state index contributed by atoms with van der Waals surface area (Å²) in [5.41, 5.74) is 12.2. The zero-order valence-corrected chi connectivity index (χ0v) is 16.0. The van der Waals surface area contributed by atoms with Gasteiger partial charge in [-0.3, -0.25) is 9.59 Å². The molecule has 1 fully saturated rings. The van der Waals surface area contributed by atoms with Crippen molar-refractivity contribution in [3.05, 3.63) is 47.7 Å². The zero-order valence-electron chi connectivity index (χ0n) is 16.0. The van der Waals surface area contributed by atoms with E-state index in [1.54, 1.807) is 6.92 Å². The van der Waals surface area contributed by atoms with Crippen molar-refractivity contribution in [3.8, 4) is 0 Å². The van der Waals surface area contributed by atoms with Gasteiger partial charge in [0.15, 0.2) is 0 Å². The van der Waals surface area contributed by atoms with Crippen LogP contribution >= 0.6 is 0 Å². The molecule has 0 spiro atoms. The highest BCUT2D eigenvalue weighted by atomic mass is 16.1. The van der Waals surface area contributed by atoms with Crippen molar-refractivity contribution in [2.75, 3.05) is 23.3 Å². The average molecular weight is 382 g/mol. The molecule has 1 aromatic carbocycles. The molecule has 148 valence electrons. The third kappa shape index (κ3) is 4.97. The van der Waals surface area contributed by atoms with E-state index in [1.165, 1.54) is 11.6 Å². The van der Waals surface area contributed by atoms with Gasteiger partial charge in [-0.05, 0) is 37.7 Å². The highest BCUT2D eigenvalue weighted by molar-refractivity contribution is 5.92. The average Bonchev–Trinajstić information content (AvgIpc) is 2.69. The molecule has 1 atom stereocenters. The maximum atomic E-state index is 11.7. The number of benzene rings is 1. The number of piperidine rings is 1. The Morgan fingerprint density at radius 1 is 1.18 bits per heavy atom. The molecule has 1 aliphatic rings. The summed E-state index contributed by atoms with van der Waals surface area (Å²) < 4.78 is 0. The van der Waals surface area contributed by atoms with Gasteiger partial charge in [0, 0.05) is 19.2 Å². The standard InChI is InChI=1S/C20H26N6O2/c1-13(18(21)27)23-17-12-16(19(22)28)24-20(25-17)26-9-7-15(8-10-26)11-14-5-3-2-4-6-14/h2-6,12-13,15H,7-11H2,1H3,(H2,21,27)(H2,22,28)(H,23,24,25)/t13-/m0/s1. The lowest BCUT2D eigenvalue weighted by molar-refractivity contribution is -0.118. The number of rotatable bonds is 7. The molecule has 0 unspecified atom stereocenters. The topological polar surface area (TPSA) is 127 Å². The van der Waals surface area contributed by atoms with Crippen LogP contribution in [0.25, 0.3) is 0 Å². The first-order valence-electron chi connectivity index (χ1n) is 9.46. The van der Waals surface area contributed by atoms with Crippen LogP contribution < -0.4 is 21.7 Å². The third-order valence-corrected chi connectivity index (χ3v) is 5.02. The van der Waals surface area contributed by atoms with Crippen LogP contribution in [0, 0.1) is 5.92 Å². The molecule has 0 radical (unpaired) electrons. The summed E-state index contributed by atoms with van der Waals surface area (Å²) in [7, 11) is 0. The van der Waals surface area contributed by atoms with Crippen molar-refractivity contribution in [2.45, 2.75) is 32.2 Å². The second kappa shape index (κ2) is 8.69. The highest BCUT2D eigenvalue weighted by Crippen LogP contribution is 2.25. The lowest BCUT2D eigenvalue weighted by atomic mass is 9.90. The van der Waals surface area contributed by atoms with E-state index in [0.29, 0.717) is 17.7 Å². The fourth-order valence-corrected chi connectivity index (χ4v) is 3.35. The summed E-state index contributed by atoms with van der Waals surface area (Å²) in [4.78, 5) is 33.8. The Morgan fingerprint density at radius 2 is 1.86 bits per heavy atom. The Labute approximate surface area is 164 Å². The van der Waals surface area contributed by atoms with Crippen molar-refractivity contribution in [2.24, 2.45) is 17.4 Å². The second-order valence-electron chi connectivity index (χ2n) is 7.19. The fraction of sp³-hybridized carbons (Fsp3) is 0.400. The molecule has 2 aromatic rings. The predicted octanol–water partition coefficient (Wildman–Crippen LogP) is 1.32. The molecular weight excluding hydrogens is 356 g/mol. The normalized spacial score (nSPS) is 15.8. The lowest BCUT2D eigenvalue weighted by Crippen LogP contribution is -2.37. The lowest BCUT2D eigenvalue weighted by Gasteiger charge is -2.32. The number of hydrogen-bond donors (Lipinski definition) is 3. The number of primary amides is 2. The zero-order chi connectivity index (χ0) is 20.1. The van der Waals surface area contributed by atoms with Crippen LogP contribution in [-0.2, 0) is 11.2 Å². The number of hydrogen-bond acceptors (Lipinski definition) is 6. The molecular formula is C20H26N6O2. The van der Waals surface area contributed by atoms with Crippen molar-refractivity contribution < 1.29 is 9.59 Å². The number of aromatic nitrogens is 2. The van der Waals surface area contributed by atoms with Crippen LogP contribution in [0.1, 0.15) is 35.8 Å². The number of nitrogens with one attached hydrogen (secondary N) is 1. The van der Waals surface area contributed by atoms with Crippen LogP contribution in [-0.4, -0.2) is 40.9 Å². The number of nitrogens with zero attached hydrogens (tertiary/aromatic N) is 3. The molecule has 2 heterocycles. The van der Waals surface area contributed by atoms with Gasteiger partial charge in [-0.25, -0.2) is 4.98 Å². The van der Waals surface area contributed by atoms with Gasteiger partial charge in [-0.15, -0.1) is 0 Å². The first-order valence-corrected chi connectivity index (χ1v) is 9.46. The van der Waals surface area contributed by atoms with E-state index < -0.39 is 17.9 Å². The monoisotopic (exact) mass is 382 g/mol. The summed E-state index contributed by atoms with van der Waals surface area (Å²) in [5, 5.41) is 2.90. The molecule has 2 amide bonds. The fourth-order valence-electron chi connectivity index (χ4n) is 3.35. The summed E-state index contributed by atoms with van der Waals surface area (Å²) in [6.07, 6.45) is 3.08. The first-order chi connectivity index (χ1) is 13.4. The van der Waals surface area contributed by atoms with Gasteiger partial charge in [0.25, 0.3) is 5.91 Å². The molecule has 5 N–H and O–H groups in total. The second-order valence-corrected chi connectivity index (χ2v) is 7.19. The Hall–Kier alpha value is -3.16. The van der Waals surface area contributed by atoms with E-state index in [1.807, 2.05) is 11.0 Å². The first kappa shape index (κ1) is 19.6. The van der Waals surface area contributed by atoms with Crippen LogP contribution in [0.2, 0.25) is 0 Å². The molecule has 0 saturated carbocycles. The Morgan fingerprint density at radius 3 is 2.46 bits per heavy atom. The van der Waals surface area contributed by atoms with Crippen molar-refractivity contribution in [3.63, 3.8) is 0 Å². The minimum Gasteiger partial charge on any atom is -0.368 e. The molecule has 1 aliphatic heterocycles. The molecule has 0 aliphatic carbocycles. The van der Waals surface area contributed by atoms with E-state index in [9.17, 15) is 9.59 Å².